The number of carbonyl (C=O) groups excluding carboxylic acids is 3. The first-order chi connectivity index (χ1) is 19.4. The zero-order chi connectivity index (χ0) is 27.8. The third-order valence-electron chi connectivity index (χ3n) is 7.04. The van der Waals surface area contributed by atoms with E-state index in [0.29, 0.717) is 49.5 Å². The normalized spacial score (nSPS) is 17.8. The Hall–Kier alpha value is -4.77. The SMILES string of the molecule is C=CC(=O)N[C@H]1CCC[C@H]1NC(=O)c1sc2nccc3c2c1NC(=O)N3c1ccc(Oc2ccccc2)nc1C. The zero-order valence-corrected chi connectivity index (χ0v) is 22.5. The molecule has 11 heteroatoms. The highest BCUT2D eigenvalue weighted by Crippen LogP contribution is 2.46. The second kappa shape index (κ2) is 10.4. The molecule has 0 radical (unpaired) electrons. The van der Waals surface area contributed by atoms with Crippen molar-refractivity contribution >= 4 is 56.5 Å². The molecular weight excluding hydrogens is 528 g/mol. The van der Waals surface area contributed by atoms with Crippen LogP contribution in [0.1, 0.15) is 34.6 Å². The number of nitrogens with one attached hydrogen (secondary N) is 3. The largest absolute Gasteiger partial charge is 0.439 e. The molecule has 2 atom stereocenters. The van der Waals surface area contributed by atoms with Crippen LogP contribution in [0.15, 0.2) is 67.4 Å². The van der Waals surface area contributed by atoms with Crippen molar-refractivity contribution in [1.82, 2.24) is 20.6 Å². The van der Waals surface area contributed by atoms with Crippen LogP contribution in [0.3, 0.4) is 0 Å². The second-order valence-corrected chi connectivity index (χ2v) is 10.6. The van der Waals surface area contributed by atoms with Gasteiger partial charge in [0.2, 0.25) is 11.8 Å². The Morgan fingerprint density at radius 3 is 2.62 bits per heavy atom. The van der Waals surface area contributed by atoms with Crippen molar-refractivity contribution in [3.05, 3.63) is 78.0 Å². The number of nitrogens with zero attached hydrogens (tertiary/aromatic N) is 3. The summed E-state index contributed by atoms with van der Waals surface area (Å²) in [5.74, 6) is 0.486. The van der Waals surface area contributed by atoms with Crippen LogP contribution in [0.2, 0.25) is 0 Å². The van der Waals surface area contributed by atoms with Crippen LogP contribution in [-0.4, -0.2) is 39.9 Å². The van der Waals surface area contributed by atoms with E-state index in [2.05, 4.69) is 32.5 Å². The molecule has 1 aliphatic carbocycles. The molecule has 10 nitrogen and oxygen atoms in total. The fraction of sp³-hybridized carbons (Fsp3) is 0.207. The van der Waals surface area contributed by atoms with Gasteiger partial charge in [-0.05, 0) is 56.5 Å². The fourth-order valence-electron chi connectivity index (χ4n) is 5.20. The van der Waals surface area contributed by atoms with E-state index in [0.717, 1.165) is 19.3 Å². The van der Waals surface area contributed by atoms with E-state index in [9.17, 15) is 14.4 Å². The lowest BCUT2D eigenvalue weighted by Gasteiger charge is -2.29. The van der Waals surface area contributed by atoms with Gasteiger partial charge in [0.1, 0.15) is 15.5 Å². The Morgan fingerprint density at radius 2 is 1.88 bits per heavy atom. The summed E-state index contributed by atoms with van der Waals surface area (Å²) in [5.41, 5.74) is 2.22. The number of benzene rings is 1. The second-order valence-electron chi connectivity index (χ2n) is 9.58. The third-order valence-corrected chi connectivity index (χ3v) is 8.13. The maximum Gasteiger partial charge on any atom is 0.331 e. The maximum absolute atomic E-state index is 13.5. The Morgan fingerprint density at radius 1 is 1.10 bits per heavy atom. The first-order valence-electron chi connectivity index (χ1n) is 12.9. The van der Waals surface area contributed by atoms with Crippen molar-refractivity contribution in [3.8, 4) is 11.6 Å². The predicted octanol–water partition coefficient (Wildman–Crippen LogP) is 5.43. The molecule has 6 rings (SSSR count). The number of anilines is 3. The summed E-state index contributed by atoms with van der Waals surface area (Å²) in [6.45, 7) is 5.31. The number of hydrogen-bond donors (Lipinski definition) is 3. The maximum atomic E-state index is 13.5. The number of carbonyl (C=O) groups is 3. The van der Waals surface area contributed by atoms with E-state index in [1.165, 1.54) is 22.3 Å². The highest BCUT2D eigenvalue weighted by molar-refractivity contribution is 7.21. The van der Waals surface area contributed by atoms with Gasteiger partial charge in [-0.3, -0.25) is 14.5 Å². The number of para-hydroxylation sites is 1. The van der Waals surface area contributed by atoms with Gasteiger partial charge in [-0.1, -0.05) is 24.8 Å². The molecule has 1 aliphatic heterocycles. The summed E-state index contributed by atoms with van der Waals surface area (Å²) in [6.07, 6.45) is 5.24. The summed E-state index contributed by atoms with van der Waals surface area (Å²) in [6, 6.07) is 13.8. The van der Waals surface area contributed by atoms with Crippen molar-refractivity contribution in [2.24, 2.45) is 0 Å². The van der Waals surface area contributed by atoms with Crippen LogP contribution < -0.4 is 25.6 Å². The van der Waals surface area contributed by atoms with E-state index in [-0.39, 0.29) is 23.9 Å². The highest BCUT2D eigenvalue weighted by Gasteiger charge is 2.35. The number of thiophene rings is 1. The minimum Gasteiger partial charge on any atom is -0.439 e. The van der Waals surface area contributed by atoms with Crippen molar-refractivity contribution < 1.29 is 19.1 Å². The van der Waals surface area contributed by atoms with Crippen LogP contribution in [0, 0.1) is 6.92 Å². The molecule has 3 aromatic heterocycles. The van der Waals surface area contributed by atoms with Gasteiger partial charge in [-0.25, -0.2) is 14.8 Å². The molecule has 0 bridgehead atoms. The number of rotatable bonds is 7. The summed E-state index contributed by atoms with van der Waals surface area (Å²) >= 11 is 1.22. The summed E-state index contributed by atoms with van der Waals surface area (Å²) in [4.78, 5) is 50.3. The number of aryl methyl sites for hydroxylation is 1. The molecule has 2 aliphatic rings. The molecule has 0 saturated heterocycles. The minimum absolute atomic E-state index is 0.178. The smallest absolute Gasteiger partial charge is 0.331 e. The van der Waals surface area contributed by atoms with Gasteiger partial charge in [-0.2, -0.15) is 0 Å². The number of urea groups is 1. The standard InChI is InChI=1S/C29H26N6O4S/c1-3-22(36)32-18-10-7-11-19(18)33-27(37)26-25-24-21(14-15-30-28(24)40-26)35(29(38)34-25)20-12-13-23(31-16(20)2)39-17-8-5-4-6-9-17/h3-6,8-9,12-15,18-19H,1,7,10-11H2,2H3,(H,32,36)(H,33,37)(H,34,38)/t18-,19+/m0/s1. The summed E-state index contributed by atoms with van der Waals surface area (Å²) in [5, 5.41) is 9.55. The summed E-state index contributed by atoms with van der Waals surface area (Å²) in [7, 11) is 0. The van der Waals surface area contributed by atoms with Crippen LogP contribution >= 0.6 is 11.3 Å². The van der Waals surface area contributed by atoms with E-state index in [1.807, 2.05) is 37.3 Å². The Kier molecular flexibility index (Phi) is 6.64. The van der Waals surface area contributed by atoms with Gasteiger partial charge >= 0.3 is 6.03 Å². The Balaban J connectivity index is 1.30. The van der Waals surface area contributed by atoms with E-state index < -0.39 is 6.03 Å². The van der Waals surface area contributed by atoms with Crippen LogP contribution in [0.4, 0.5) is 21.9 Å². The lowest BCUT2D eigenvalue weighted by Crippen LogP contribution is -2.48. The van der Waals surface area contributed by atoms with E-state index >= 15 is 0 Å². The number of aromatic nitrogens is 2. The molecule has 4 amide bonds. The average Bonchev–Trinajstić information content (AvgIpc) is 3.55. The Bertz CT molecular complexity index is 1650. The quantitative estimate of drug-likeness (QED) is 0.262. The first kappa shape index (κ1) is 25.5. The van der Waals surface area contributed by atoms with Crippen LogP contribution in [0.25, 0.3) is 10.2 Å². The first-order valence-corrected chi connectivity index (χ1v) is 13.7. The number of ether oxygens (including phenoxy) is 1. The Labute approximate surface area is 234 Å². The van der Waals surface area contributed by atoms with Gasteiger partial charge in [0.05, 0.1) is 28.1 Å². The fourth-order valence-corrected chi connectivity index (χ4v) is 6.22. The topological polar surface area (TPSA) is 126 Å². The molecule has 3 N–H and O–H groups in total. The molecular formula is C29H26N6O4S. The van der Waals surface area contributed by atoms with Gasteiger partial charge in [-0.15, -0.1) is 11.3 Å². The average molecular weight is 555 g/mol. The number of hydrogen-bond acceptors (Lipinski definition) is 7. The molecule has 1 saturated carbocycles. The lowest BCUT2D eigenvalue weighted by atomic mass is 10.1. The van der Waals surface area contributed by atoms with Crippen molar-refractivity contribution in [3.63, 3.8) is 0 Å². The van der Waals surface area contributed by atoms with E-state index in [4.69, 9.17) is 4.74 Å². The van der Waals surface area contributed by atoms with E-state index in [1.54, 1.807) is 24.4 Å². The number of pyridine rings is 2. The van der Waals surface area contributed by atoms with Crippen LogP contribution in [0.5, 0.6) is 11.6 Å². The third kappa shape index (κ3) is 4.64. The molecule has 1 aromatic carbocycles. The van der Waals surface area contributed by atoms with Gasteiger partial charge in [0.25, 0.3) is 5.91 Å². The highest BCUT2D eigenvalue weighted by atomic mass is 32.1. The van der Waals surface area contributed by atoms with Crippen molar-refractivity contribution in [2.45, 2.75) is 38.3 Å². The monoisotopic (exact) mass is 554 g/mol. The lowest BCUT2D eigenvalue weighted by molar-refractivity contribution is -0.117. The predicted molar refractivity (Wildman–Crippen MR) is 154 cm³/mol. The minimum atomic E-state index is -0.411. The zero-order valence-electron chi connectivity index (χ0n) is 21.6. The van der Waals surface area contributed by atoms with Gasteiger partial charge in [0.15, 0.2) is 0 Å². The molecule has 4 aromatic rings. The summed E-state index contributed by atoms with van der Waals surface area (Å²) < 4.78 is 5.85. The van der Waals surface area contributed by atoms with Crippen LogP contribution in [-0.2, 0) is 4.79 Å². The molecule has 202 valence electrons. The molecule has 1 fully saturated rings. The number of amides is 4. The van der Waals surface area contributed by atoms with Crippen molar-refractivity contribution in [1.29, 1.82) is 0 Å². The molecule has 40 heavy (non-hydrogen) atoms. The van der Waals surface area contributed by atoms with Crippen molar-refractivity contribution in [2.75, 3.05) is 10.2 Å². The van der Waals surface area contributed by atoms with Gasteiger partial charge < -0.3 is 20.7 Å². The van der Waals surface area contributed by atoms with Gasteiger partial charge in [0, 0.05) is 24.3 Å². The molecule has 4 heterocycles. The molecule has 0 unspecified atom stereocenters. The molecule has 0 spiro atoms.